The van der Waals surface area contributed by atoms with Crippen molar-refractivity contribution in [2.24, 2.45) is 0 Å². The van der Waals surface area contributed by atoms with Crippen molar-refractivity contribution in [1.29, 1.82) is 0 Å². The fourth-order valence-corrected chi connectivity index (χ4v) is 2.44. The Morgan fingerprint density at radius 3 is 2.58 bits per heavy atom. The Bertz CT molecular complexity index is 456. The van der Waals surface area contributed by atoms with Crippen LogP contribution in [0.2, 0.25) is 0 Å². The first-order chi connectivity index (χ1) is 8.93. The molecule has 1 aromatic carbocycles. The second-order valence-corrected chi connectivity index (χ2v) is 4.89. The summed E-state index contributed by atoms with van der Waals surface area (Å²) < 4.78 is 31.3. The third-order valence-electron chi connectivity index (χ3n) is 3.55. The number of benzene rings is 1. The van der Waals surface area contributed by atoms with Gasteiger partial charge in [0.05, 0.1) is 18.8 Å². The maximum Gasteiger partial charge on any atom is 0.337 e. The van der Waals surface area contributed by atoms with Crippen LogP contribution in [-0.4, -0.2) is 30.2 Å². The van der Waals surface area contributed by atoms with Crippen molar-refractivity contribution in [2.45, 2.75) is 37.2 Å². The van der Waals surface area contributed by atoms with E-state index in [0.717, 1.165) is 0 Å². The van der Waals surface area contributed by atoms with Gasteiger partial charge in [0.25, 0.3) is 0 Å². The Morgan fingerprint density at radius 1 is 1.37 bits per heavy atom. The molecule has 5 heteroatoms. The zero-order valence-electron chi connectivity index (χ0n) is 10.6. The number of ether oxygens (including phenoxy) is 1. The van der Waals surface area contributed by atoms with Crippen LogP contribution in [-0.2, 0) is 4.74 Å². The van der Waals surface area contributed by atoms with Crippen LogP contribution in [0.4, 0.5) is 8.78 Å². The van der Waals surface area contributed by atoms with Crippen molar-refractivity contribution >= 4 is 5.97 Å². The third kappa shape index (κ3) is 3.10. The van der Waals surface area contributed by atoms with E-state index in [9.17, 15) is 18.7 Å². The van der Waals surface area contributed by atoms with Crippen molar-refractivity contribution < 1.29 is 23.4 Å². The molecule has 0 bridgehead atoms. The van der Waals surface area contributed by atoms with E-state index in [1.807, 2.05) is 0 Å². The smallest absolute Gasteiger partial charge is 0.337 e. The van der Waals surface area contributed by atoms with Gasteiger partial charge >= 0.3 is 5.97 Å². The van der Waals surface area contributed by atoms with Gasteiger partial charge in [-0.25, -0.2) is 13.6 Å². The molecule has 1 saturated carbocycles. The molecule has 2 atom stereocenters. The number of aliphatic hydroxyl groups excluding tert-OH is 1. The average Bonchev–Trinajstić information content (AvgIpc) is 2.41. The molecule has 19 heavy (non-hydrogen) atoms. The monoisotopic (exact) mass is 270 g/mol. The molecular formula is C14H16F2O3. The fraction of sp³-hybridized carbons (Fsp3) is 0.500. The SMILES string of the molecule is COC(=O)c1ccc([C@@H]2CC(F)(F)CC[C@H]2O)cc1. The van der Waals surface area contributed by atoms with Gasteiger partial charge in [-0.05, 0) is 24.1 Å². The number of carbonyl (C=O) groups excluding carboxylic acids is 1. The Morgan fingerprint density at radius 2 is 2.00 bits per heavy atom. The molecule has 1 aliphatic carbocycles. The van der Waals surface area contributed by atoms with Crippen LogP contribution in [0, 0.1) is 0 Å². The number of aliphatic hydroxyl groups is 1. The summed E-state index contributed by atoms with van der Waals surface area (Å²) in [5, 5.41) is 9.85. The van der Waals surface area contributed by atoms with E-state index in [4.69, 9.17) is 0 Å². The van der Waals surface area contributed by atoms with E-state index >= 15 is 0 Å². The Balaban J connectivity index is 2.19. The molecule has 1 aromatic rings. The summed E-state index contributed by atoms with van der Waals surface area (Å²) in [7, 11) is 1.28. The number of hydrogen-bond acceptors (Lipinski definition) is 3. The van der Waals surface area contributed by atoms with Crippen LogP contribution in [0.25, 0.3) is 0 Å². The lowest BCUT2D eigenvalue weighted by Crippen LogP contribution is -2.34. The van der Waals surface area contributed by atoms with Crippen LogP contribution in [0.15, 0.2) is 24.3 Å². The highest BCUT2D eigenvalue weighted by Gasteiger charge is 2.41. The van der Waals surface area contributed by atoms with E-state index < -0.39 is 23.9 Å². The van der Waals surface area contributed by atoms with Gasteiger partial charge < -0.3 is 9.84 Å². The highest BCUT2D eigenvalue weighted by molar-refractivity contribution is 5.89. The minimum Gasteiger partial charge on any atom is -0.465 e. The minimum atomic E-state index is -2.73. The Labute approximate surface area is 110 Å². The molecule has 0 amide bonds. The number of rotatable bonds is 2. The quantitative estimate of drug-likeness (QED) is 0.840. The molecule has 0 saturated heterocycles. The van der Waals surface area contributed by atoms with Crippen LogP contribution >= 0.6 is 0 Å². The molecule has 0 aliphatic heterocycles. The largest absolute Gasteiger partial charge is 0.465 e. The number of esters is 1. The first-order valence-electron chi connectivity index (χ1n) is 6.17. The van der Waals surface area contributed by atoms with Crippen LogP contribution in [0.5, 0.6) is 0 Å². The summed E-state index contributed by atoms with van der Waals surface area (Å²) in [6.45, 7) is 0. The zero-order valence-corrected chi connectivity index (χ0v) is 10.6. The molecule has 1 N–H and O–H groups in total. The molecule has 0 radical (unpaired) electrons. The minimum absolute atomic E-state index is 0.0937. The van der Waals surface area contributed by atoms with Gasteiger partial charge in [0, 0.05) is 18.8 Å². The fourth-order valence-electron chi connectivity index (χ4n) is 2.44. The maximum absolute atomic E-state index is 13.4. The highest BCUT2D eigenvalue weighted by atomic mass is 19.3. The Hall–Kier alpha value is -1.49. The van der Waals surface area contributed by atoms with Crippen LogP contribution < -0.4 is 0 Å². The van der Waals surface area contributed by atoms with Crippen molar-refractivity contribution in [3.63, 3.8) is 0 Å². The molecule has 1 fully saturated rings. The number of methoxy groups -OCH3 is 1. The van der Waals surface area contributed by atoms with Crippen molar-refractivity contribution in [3.8, 4) is 0 Å². The van der Waals surface area contributed by atoms with Gasteiger partial charge in [0.2, 0.25) is 5.92 Å². The van der Waals surface area contributed by atoms with Crippen molar-refractivity contribution in [3.05, 3.63) is 35.4 Å². The first-order valence-corrected chi connectivity index (χ1v) is 6.17. The molecule has 104 valence electrons. The number of halogens is 2. The van der Waals surface area contributed by atoms with Gasteiger partial charge in [0.1, 0.15) is 0 Å². The van der Waals surface area contributed by atoms with E-state index in [-0.39, 0.29) is 19.3 Å². The lowest BCUT2D eigenvalue weighted by Gasteiger charge is -2.33. The summed E-state index contributed by atoms with van der Waals surface area (Å²) in [6.07, 6.45) is -1.30. The van der Waals surface area contributed by atoms with E-state index in [1.54, 1.807) is 12.1 Å². The van der Waals surface area contributed by atoms with Crippen LogP contribution in [0.3, 0.4) is 0 Å². The molecule has 0 spiro atoms. The maximum atomic E-state index is 13.4. The zero-order chi connectivity index (χ0) is 14.0. The molecule has 0 heterocycles. The van der Waals surface area contributed by atoms with Gasteiger partial charge in [0.15, 0.2) is 0 Å². The molecule has 1 aliphatic rings. The molecule has 0 aromatic heterocycles. The average molecular weight is 270 g/mol. The third-order valence-corrected chi connectivity index (χ3v) is 3.55. The van der Waals surface area contributed by atoms with Gasteiger partial charge in [-0.15, -0.1) is 0 Å². The van der Waals surface area contributed by atoms with Gasteiger partial charge in [-0.1, -0.05) is 12.1 Å². The second-order valence-electron chi connectivity index (χ2n) is 4.89. The summed E-state index contributed by atoms with van der Waals surface area (Å²) in [5.41, 5.74) is 0.989. The predicted molar refractivity (Wildman–Crippen MR) is 65.3 cm³/mol. The van der Waals surface area contributed by atoms with Gasteiger partial charge in [-0.2, -0.15) is 0 Å². The van der Waals surface area contributed by atoms with E-state index in [0.29, 0.717) is 11.1 Å². The van der Waals surface area contributed by atoms with E-state index in [1.165, 1.54) is 19.2 Å². The summed E-state index contributed by atoms with van der Waals surface area (Å²) in [5.74, 6) is -3.79. The number of alkyl halides is 2. The van der Waals surface area contributed by atoms with E-state index in [2.05, 4.69) is 4.74 Å². The molecular weight excluding hydrogens is 254 g/mol. The van der Waals surface area contributed by atoms with Crippen molar-refractivity contribution in [1.82, 2.24) is 0 Å². The van der Waals surface area contributed by atoms with Crippen LogP contribution in [0.1, 0.15) is 41.1 Å². The first kappa shape index (κ1) is 13.9. The van der Waals surface area contributed by atoms with Gasteiger partial charge in [-0.3, -0.25) is 0 Å². The lowest BCUT2D eigenvalue weighted by molar-refractivity contribution is -0.0740. The summed E-state index contributed by atoms with van der Waals surface area (Å²) >= 11 is 0. The summed E-state index contributed by atoms with van der Waals surface area (Å²) in [4.78, 5) is 11.3. The Kier molecular flexibility index (Phi) is 3.85. The number of carbonyl (C=O) groups is 1. The van der Waals surface area contributed by atoms with Crippen molar-refractivity contribution in [2.75, 3.05) is 7.11 Å². The molecule has 2 rings (SSSR count). The number of hydrogen-bond donors (Lipinski definition) is 1. The molecule has 3 nitrogen and oxygen atoms in total. The topological polar surface area (TPSA) is 46.5 Å². The summed E-state index contributed by atoms with van der Waals surface area (Å²) in [6, 6.07) is 6.25. The standard InChI is InChI=1S/C14H16F2O3/c1-19-13(18)10-4-2-9(3-5-10)11-8-14(15,16)7-6-12(11)17/h2-5,11-12,17H,6-8H2,1H3/t11-,12+/m0/s1. The molecule has 0 unspecified atom stereocenters. The normalized spacial score (nSPS) is 25.9. The highest BCUT2D eigenvalue weighted by Crippen LogP contribution is 2.41. The lowest BCUT2D eigenvalue weighted by atomic mass is 9.79. The predicted octanol–water partition coefficient (Wildman–Crippen LogP) is 2.74. The second kappa shape index (κ2) is 5.25.